The topological polar surface area (TPSA) is 19.0 Å². The molecule has 2 heteroatoms. The van der Waals surface area contributed by atoms with Gasteiger partial charge in [0.25, 0.3) is 0 Å². The number of benzene rings is 9. The summed E-state index contributed by atoms with van der Waals surface area (Å²) in [5.41, 5.74) is 22.4. The number of H-pyrrole nitrogens is 1. The van der Waals surface area contributed by atoms with Crippen LogP contribution in [0.5, 0.6) is 0 Å². The number of fused-ring (bicyclic) bond motifs is 9. The SMILES string of the molecule is CC1(C)c2ccccc2-c2ccc(N(c3ccc(-c4cccc5c4ccc4c(-c6ccccc6)c(-c6ccccc6)[nH]c45)cc3)c3ccc4c(c3)C(C)(C)c3ccccc3-4)cc21. The monoisotopic (exact) mass is 794 g/mol. The van der Waals surface area contributed by atoms with Gasteiger partial charge in [0.15, 0.2) is 0 Å². The molecular weight excluding hydrogens is 749 g/mol. The third-order valence-corrected chi connectivity index (χ3v) is 14.0. The van der Waals surface area contributed by atoms with Crippen molar-refractivity contribution in [3.63, 3.8) is 0 Å². The summed E-state index contributed by atoms with van der Waals surface area (Å²) >= 11 is 0. The van der Waals surface area contributed by atoms with E-state index in [1.807, 2.05) is 0 Å². The number of hydrogen-bond acceptors (Lipinski definition) is 1. The van der Waals surface area contributed by atoms with Gasteiger partial charge >= 0.3 is 0 Å². The largest absolute Gasteiger partial charge is 0.353 e. The van der Waals surface area contributed by atoms with Crippen molar-refractivity contribution >= 4 is 38.7 Å². The minimum atomic E-state index is -0.109. The Morgan fingerprint density at radius 2 is 0.823 bits per heavy atom. The fourth-order valence-electron chi connectivity index (χ4n) is 10.9. The second-order valence-corrected chi connectivity index (χ2v) is 18.2. The van der Waals surface area contributed by atoms with Crippen molar-refractivity contribution in [1.29, 1.82) is 0 Å². The van der Waals surface area contributed by atoms with Gasteiger partial charge in [-0.3, -0.25) is 0 Å². The molecule has 12 rings (SSSR count). The lowest BCUT2D eigenvalue weighted by Gasteiger charge is -2.30. The maximum absolute atomic E-state index is 3.91. The second kappa shape index (κ2) is 13.5. The number of anilines is 3. The molecule has 0 unspecified atom stereocenters. The molecule has 1 N–H and O–H groups in total. The summed E-state index contributed by atoms with van der Waals surface area (Å²) in [4.78, 5) is 6.38. The molecule has 0 amide bonds. The third kappa shape index (κ3) is 5.36. The number of nitrogens with zero attached hydrogens (tertiary/aromatic N) is 1. The van der Waals surface area contributed by atoms with Crippen LogP contribution in [0.25, 0.3) is 77.4 Å². The minimum absolute atomic E-state index is 0.109. The number of nitrogens with one attached hydrogen (secondary N) is 1. The van der Waals surface area contributed by atoms with Gasteiger partial charge in [-0.2, -0.15) is 0 Å². The molecule has 0 atom stereocenters. The van der Waals surface area contributed by atoms with E-state index in [-0.39, 0.29) is 10.8 Å². The summed E-state index contributed by atoms with van der Waals surface area (Å²) in [6.45, 7) is 9.47. The van der Waals surface area contributed by atoms with E-state index in [2.05, 4.69) is 238 Å². The molecule has 1 aromatic heterocycles. The first kappa shape index (κ1) is 36.4. The van der Waals surface area contributed by atoms with Crippen molar-refractivity contribution in [2.45, 2.75) is 38.5 Å². The van der Waals surface area contributed by atoms with Crippen LogP contribution in [0.4, 0.5) is 17.1 Å². The Labute approximate surface area is 363 Å². The minimum Gasteiger partial charge on any atom is -0.353 e. The van der Waals surface area contributed by atoms with Gasteiger partial charge in [-0.15, -0.1) is 0 Å². The molecule has 10 aromatic rings. The Bertz CT molecular complexity index is 3280. The summed E-state index contributed by atoms with van der Waals surface area (Å²) in [5.74, 6) is 0. The van der Waals surface area contributed by atoms with E-state index in [1.54, 1.807) is 0 Å². The second-order valence-electron chi connectivity index (χ2n) is 18.2. The Morgan fingerprint density at radius 3 is 1.42 bits per heavy atom. The van der Waals surface area contributed by atoms with Gasteiger partial charge in [-0.25, -0.2) is 0 Å². The summed E-state index contributed by atoms with van der Waals surface area (Å²) in [6, 6.07) is 74.1. The van der Waals surface area contributed by atoms with Gasteiger partial charge < -0.3 is 9.88 Å². The van der Waals surface area contributed by atoms with Gasteiger partial charge in [-0.05, 0) is 109 Å². The van der Waals surface area contributed by atoms with E-state index < -0.39 is 0 Å². The molecule has 0 saturated heterocycles. The highest BCUT2D eigenvalue weighted by Crippen LogP contribution is 2.53. The molecule has 2 nitrogen and oxygen atoms in total. The van der Waals surface area contributed by atoms with E-state index in [0.29, 0.717) is 0 Å². The Hall–Kier alpha value is -7.42. The molecule has 62 heavy (non-hydrogen) atoms. The van der Waals surface area contributed by atoms with E-state index >= 15 is 0 Å². The normalized spacial score (nSPS) is 14.1. The Kier molecular flexibility index (Phi) is 7.96. The molecule has 0 saturated carbocycles. The summed E-state index contributed by atoms with van der Waals surface area (Å²) in [5, 5.41) is 3.67. The lowest BCUT2D eigenvalue weighted by atomic mass is 9.82. The van der Waals surface area contributed by atoms with Gasteiger partial charge in [0.05, 0.1) is 11.2 Å². The van der Waals surface area contributed by atoms with Gasteiger partial charge in [-0.1, -0.05) is 191 Å². The zero-order valence-corrected chi connectivity index (χ0v) is 35.5. The van der Waals surface area contributed by atoms with E-state index in [1.165, 1.54) is 88.5 Å². The van der Waals surface area contributed by atoms with E-state index in [9.17, 15) is 0 Å². The first-order valence-electron chi connectivity index (χ1n) is 21.8. The average molecular weight is 795 g/mol. The van der Waals surface area contributed by atoms with Crippen LogP contribution in [-0.4, -0.2) is 4.98 Å². The lowest BCUT2D eigenvalue weighted by molar-refractivity contribution is 0.660. The van der Waals surface area contributed by atoms with Gasteiger partial charge in [0.1, 0.15) is 0 Å². The van der Waals surface area contributed by atoms with Crippen LogP contribution in [-0.2, 0) is 10.8 Å². The van der Waals surface area contributed by atoms with Crippen LogP contribution in [0.2, 0.25) is 0 Å². The molecule has 0 spiro atoms. The summed E-state index contributed by atoms with van der Waals surface area (Å²) in [7, 11) is 0. The Balaban J connectivity index is 0.995. The smallest absolute Gasteiger partial charge is 0.0545 e. The average Bonchev–Trinajstić information content (AvgIpc) is 3.90. The molecule has 2 aliphatic carbocycles. The molecule has 1 heterocycles. The van der Waals surface area contributed by atoms with Crippen molar-refractivity contribution in [3.8, 4) is 55.8 Å². The maximum Gasteiger partial charge on any atom is 0.0545 e. The molecule has 296 valence electrons. The highest BCUT2D eigenvalue weighted by Gasteiger charge is 2.37. The van der Waals surface area contributed by atoms with Crippen LogP contribution < -0.4 is 4.90 Å². The number of rotatable bonds is 6. The van der Waals surface area contributed by atoms with Crippen LogP contribution in [0.3, 0.4) is 0 Å². The third-order valence-electron chi connectivity index (χ3n) is 14.0. The molecular formula is C60H46N2. The quantitative estimate of drug-likeness (QED) is 0.178. The predicted octanol–water partition coefficient (Wildman–Crippen LogP) is 16.4. The number of hydrogen-bond donors (Lipinski definition) is 1. The van der Waals surface area contributed by atoms with Gasteiger partial charge in [0.2, 0.25) is 0 Å². The highest BCUT2D eigenvalue weighted by molar-refractivity contribution is 6.17. The maximum atomic E-state index is 3.91. The molecule has 0 bridgehead atoms. The first-order chi connectivity index (χ1) is 30.3. The molecule has 2 aliphatic rings. The molecule has 0 aliphatic heterocycles. The van der Waals surface area contributed by atoms with Crippen LogP contribution in [0.1, 0.15) is 49.9 Å². The van der Waals surface area contributed by atoms with Crippen LogP contribution >= 0.6 is 0 Å². The van der Waals surface area contributed by atoms with Crippen LogP contribution in [0.15, 0.2) is 200 Å². The van der Waals surface area contributed by atoms with Crippen molar-refractivity contribution in [2.24, 2.45) is 0 Å². The van der Waals surface area contributed by atoms with Gasteiger partial charge in [0, 0.05) is 44.2 Å². The number of aromatic nitrogens is 1. The van der Waals surface area contributed by atoms with Crippen LogP contribution in [0, 0.1) is 0 Å². The van der Waals surface area contributed by atoms with Crippen molar-refractivity contribution in [2.75, 3.05) is 4.90 Å². The lowest BCUT2D eigenvalue weighted by Crippen LogP contribution is -2.18. The number of aromatic amines is 1. The Morgan fingerprint density at radius 1 is 0.339 bits per heavy atom. The first-order valence-corrected chi connectivity index (χ1v) is 21.8. The molecule has 0 fully saturated rings. The highest BCUT2D eigenvalue weighted by atomic mass is 15.1. The van der Waals surface area contributed by atoms with Crippen molar-refractivity contribution < 1.29 is 0 Å². The van der Waals surface area contributed by atoms with Crippen molar-refractivity contribution in [1.82, 2.24) is 4.98 Å². The fourth-order valence-corrected chi connectivity index (χ4v) is 10.9. The van der Waals surface area contributed by atoms with E-state index in [4.69, 9.17) is 0 Å². The standard InChI is InChI=1S/C60H46N2/c1-59(2)52-24-13-11-20-46(52)48-32-30-42(36-54(48)59)62(43-31-33-49-47-21-12-14-25-53(47)60(3,4)55(49)37-43)41-28-26-38(27-29-41)44-22-15-23-50-45(44)34-35-51-56(39-16-7-5-8-17-39)57(61-58(50)51)40-18-9-6-10-19-40/h5-37,61H,1-4H3. The van der Waals surface area contributed by atoms with E-state index in [0.717, 1.165) is 28.3 Å². The predicted molar refractivity (Wildman–Crippen MR) is 262 cm³/mol. The molecule has 9 aromatic carbocycles. The zero-order valence-electron chi connectivity index (χ0n) is 35.5. The van der Waals surface area contributed by atoms with Crippen molar-refractivity contribution in [3.05, 3.63) is 222 Å². The zero-order chi connectivity index (χ0) is 41.7. The molecule has 0 radical (unpaired) electrons. The summed E-state index contributed by atoms with van der Waals surface area (Å²) in [6.07, 6.45) is 0. The summed E-state index contributed by atoms with van der Waals surface area (Å²) < 4.78 is 0. The fraction of sp³-hybridized carbons (Fsp3) is 0.100.